The van der Waals surface area contributed by atoms with E-state index in [-0.39, 0.29) is 24.0 Å². The topological polar surface area (TPSA) is 67.1 Å². The molecule has 0 unspecified atom stereocenters. The van der Waals surface area contributed by atoms with Crippen LogP contribution in [0.3, 0.4) is 0 Å². The van der Waals surface area contributed by atoms with E-state index in [1.54, 1.807) is 6.33 Å². The number of aliphatic imine (C=N–C) groups is 1. The van der Waals surface area contributed by atoms with Crippen LogP contribution in [0, 0.1) is 0 Å². The van der Waals surface area contributed by atoms with Crippen LogP contribution in [0.4, 0.5) is 0 Å². The van der Waals surface area contributed by atoms with Gasteiger partial charge >= 0.3 is 0 Å². The first kappa shape index (κ1) is 24.4. The number of hydrogen-bond donors (Lipinski definition) is 2. The molecule has 0 radical (unpaired) electrons. The molecule has 2 N–H and O–H groups in total. The van der Waals surface area contributed by atoms with Crippen LogP contribution < -0.4 is 10.6 Å². The molecule has 0 saturated carbocycles. The molecule has 0 fully saturated rings. The average Bonchev–Trinajstić information content (AvgIpc) is 3.13. The van der Waals surface area contributed by atoms with E-state index in [4.69, 9.17) is 0 Å². The lowest BCUT2D eigenvalue weighted by molar-refractivity contribution is 0.632. The van der Waals surface area contributed by atoms with Crippen molar-refractivity contribution in [2.24, 2.45) is 4.99 Å². The molecule has 0 spiro atoms. The van der Waals surface area contributed by atoms with Crippen molar-refractivity contribution in [3.8, 4) is 0 Å². The van der Waals surface area contributed by atoms with Gasteiger partial charge in [0.05, 0.1) is 0 Å². The lowest BCUT2D eigenvalue weighted by atomic mass is 10.0. The van der Waals surface area contributed by atoms with Gasteiger partial charge in [-0.15, -0.1) is 34.2 Å². The minimum Gasteiger partial charge on any atom is -0.357 e. The molecule has 0 aliphatic rings. The molecule has 0 bridgehead atoms. The van der Waals surface area contributed by atoms with E-state index in [0.717, 1.165) is 57.2 Å². The summed E-state index contributed by atoms with van der Waals surface area (Å²) in [5, 5.41) is 14.8. The summed E-state index contributed by atoms with van der Waals surface area (Å²) in [4.78, 5) is 4.69. The van der Waals surface area contributed by atoms with Crippen molar-refractivity contribution >= 4 is 29.9 Å². The van der Waals surface area contributed by atoms with Crippen molar-refractivity contribution in [1.82, 2.24) is 25.4 Å². The van der Waals surface area contributed by atoms with Gasteiger partial charge in [-0.3, -0.25) is 4.99 Å². The fourth-order valence-electron chi connectivity index (χ4n) is 2.92. The molecule has 0 saturated heterocycles. The lowest BCUT2D eigenvalue weighted by Crippen LogP contribution is -2.39. The first-order chi connectivity index (χ1) is 13.1. The zero-order valence-corrected chi connectivity index (χ0v) is 19.9. The Morgan fingerprint density at radius 2 is 1.89 bits per heavy atom. The highest BCUT2D eigenvalue weighted by Gasteiger charge is 2.02. The van der Waals surface area contributed by atoms with Crippen LogP contribution in [-0.2, 0) is 19.4 Å². The molecular weight excluding hydrogens is 463 g/mol. The van der Waals surface area contributed by atoms with Crippen LogP contribution in [0.15, 0.2) is 35.6 Å². The number of aryl methyl sites for hydroxylation is 2. The second kappa shape index (κ2) is 13.5. The monoisotopic (exact) mass is 498 g/mol. The summed E-state index contributed by atoms with van der Waals surface area (Å²) in [7, 11) is 0. The number of aromatic nitrogens is 3. The minimum atomic E-state index is 0. The molecule has 0 atom stereocenters. The van der Waals surface area contributed by atoms with Gasteiger partial charge in [0.2, 0.25) is 0 Å². The Hall–Kier alpha value is -1.64. The summed E-state index contributed by atoms with van der Waals surface area (Å²) in [6, 6.07) is 8.97. The van der Waals surface area contributed by atoms with Crippen molar-refractivity contribution in [2.75, 3.05) is 19.6 Å². The first-order valence-electron chi connectivity index (χ1n) is 10.1. The van der Waals surface area contributed by atoms with Crippen LogP contribution in [0.5, 0.6) is 0 Å². The summed E-state index contributed by atoms with van der Waals surface area (Å²) in [6.07, 6.45) is 4.78. The predicted octanol–water partition coefficient (Wildman–Crippen LogP) is 3.77. The molecule has 7 heteroatoms. The van der Waals surface area contributed by atoms with E-state index < -0.39 is 0 Å². The third kappa shape index (κ3) is 8.16. The van der Waals surface area contributed by atoms with Gasteiger partial charge in [0.15, 0.2) is 5.96 Å². The fraction of sp³-hybridized carbons (Fsp3) is 0.571. The van der Waals surface area contributed by atoms with Gasteiger partial charge in [-0.2, -0.15) is 0 Å². The lowest BCUT2D eigenvalue weighted by Gasteiger charge is -2.12. The van der Waals surface area contributed by atoms with E-state index >= 15 is 0 Å². The van der Waals surface area contributed by atoms with Gasteiger partial charge in [-0.25, -0.2) is 0 Å². The molecule has 1 aromatic heterocycles. The summed E-state index contributed by atoms with van der Waals surface area (Å²) < 4.78 is 2.08. The Balaban J connectivity index is 0.00000392. The minimum absolute atomic E-state index is 0. The zero-order chi connectivity index (χ0) is 19.5. The Morgan fingerprint density at radius 3 is 2.54 bits per heavy atom. The maximum absolute atomic E-state index is 4.69. The predicted molar refractivity (Wildman–Crippen MR) is 128 cm³/mol. The summed E-state index contributed by atoms with van der Waals surface area (Å²) in [6.45, 7) is 11.9. The highest BCUT2D eigenvalue weighted by Crippen LogP contribution is 2.15. The average molecular weight is 498 g/mol. The summed E-state index contributed by atoms with van der Waals surface area (Å²) in [5.41, 5.74) is 2.78. The van der Waals surface area contributed by atoms with Crippen molar-refractivity contribution in [2.45, 2.75) is 59.4 Å². The Bertz CT molecular complexity index is 693. The molecule has 2 rings (SSSR count). The maximum Gasteiger partial charge on any atom is 0.191 e. The largest absolute Gasteiger partial charge is 0.357 e. The van der Waals surface area contributed by atoms with Crippen molar-refractivity contribution in [1.29, 1.82) is 0 Å². The molecule has 0 amide bonds. The molecule has 28 heavy (non-hydrogen) atoms. The second-order valence-electron chi connectivity index (χ2n) is 6.98. The van der Waals surface area contributed by atoms with Crippen LogP contribution in [0.2, 0.25) is 0 Å². The number of halogens is 1. The number of hydrogen-bond acceptors (Lipinski definition) is 3. The van der Waals surface area contributed by atoms with E-state index in [0.29, 0.717) is 5.92 Å². The van der Waals surface area contributed by atoms with Crippen LogP contribution in [0.1, 0.15) is 57.0 Å². The van der Waals surface area contributed by atoms with E-state index in [1.165, 1.54) is 11.1 Å². The molecule has 0 aliphatic carbocycles. The Morgan fingerprint density at radius 1 is 1.14 bits per heavy atom. The first-order valence-corrected chi connectivity index (χ1v) is 10.1. The highest BCUT2D eigenvalue weighted by atomic mass is 127. The molecule has 1 heterocycles. The van der Waals surface area contributed by atoms with Crippen LogP contribution in [-0.4, -0.2) is 40.4 Å². The van der Waals surface area contributed by atoms with Crippen LogP contribution in [0.25, 0.3) is 0 Å². The SMILES string of the molecule is CCNC(=NCCCc1ccc(C(C)C)cc1)NCCn1cnnc1CC.I. The molecule has 6 nitrogen and oxygen atoms in total. The van der Waals surface area contributed by atoms with E-state index in [1.807, 2.05) is 0 Å². The maximum atomic E-state index is 4.69. The number of nitrogens with one attached hydrogen (secondary N) is 2. The fourth-order valence-corrected chi connectivity index (χ4v) is 2.92. The number of rotatable bonds is 10. The molecule has 2 aromatic rings. The van der Waals surface area contributed by atoms with Gasteiger partial charge in [0.25, 0.3) is 0 Å². The van der Waals surface area contributed by atoms with Gasteiger partial charge in [-0.1, -0.05) is 45.0 Å². The third-order valence-corrected chi connectivity index (χ3v) is 4.54. The quantitative estimate of drug-likeness (QED) is 0.227. The van der Waals surface area contributed by atoms with Crippen LogP contribution >= 0.6 is 24.0 Å². The number of nitrogens with zero attached hydrogens (tertiary/aromatic N) is 4. The standard InChI is InChI=1S/C21H34N6.HI/c1-5-20-26-25-16-27(20)15-14-24-21(22-6-2)23-13-7-8-18-9-11-19(12-10-18)17(3)4;/h9-12,16-17H,5-8,13-15H2,1-4H3,(H2,22,23,24);1H. The molecule has 0 aliphatic heterocycles. The van der Waals surface area contributed by atoms with Crippen molar-refractivity contribution in [3.05, 3.63) is 47.5 Å². The second-order valence-corrected chi connectivity index (χ2v) is 6.98. The normalized spacial score (nSPS) is 11.4. The van der Waals surface area contributed by atoms with E-state index in [9.17, 15) is 0 Å². The zero-order valence-electron chi connectivity index (χ0n) is 17.6. The molecular formula is C21H35IN6. The smallest absolute Gasteiger partial charge is 0.191 e. The molecule has 1 aromatic carbocycles. The third-order valence-electron chi connectivity index (χ3n) is 4.54. The van der Waals surface area contributed by atoms with Crippen molar-refractivity contribution in [3.63, 3.8) is 0 Å². The van der Waals surface area contributed by atoms with Gasteiger partial charge in [-0.05, 0) is 36.8 Å². The van der Waals surface area contributed by atoms with Gasteiger partial charge in [0, 0.05) is 32.6 Å². The highest BCUT2D eigenvalue weighted by molar-refractivity contribution is 14.0. The Kier molecular flexibility index (Phi) is 11.8. The van der Waals surface area contributed by atoms with Gasteiger partial charge in [0.1, 0.15) is 12.2 Å². The number of guanidine groups is 1. The Labute approximate surface area is 186 Å². The number of benzene rings is 1. The molecule has 156 valence electrons. The van der Waals surface area contributed by atoms with Crippen molar-refractivity contribution < 1.29 is 0 Å². The van der Waals surface area contributed by atoms with Gasteiger partial charge < -0.3 is 15.2 Å². The summed E-state index contributed by atoms with van der Waals surface area (Å²) in [5.74, 6) is 2.48. The van der Waals surface area contributed by atoms with E-state index in [2.05, 4.69) is 82.4 Å². The summed E-state index contributed by atoms with van der Waals surface area (Å²) >= 11 is 0.